The standard InChI is InChI=1S/H4O4Si.Pt/c1-5(2,3)4;/h1-4H;. The fraction of sp³-hybridized carbons (Fsp3) is 0. The maximum atomic E-state index is 7.33. The van der Waals surface area contributed by atoms with Crippen LogP contribution < -0.4 is 0 Å². The zero-order valence-electron chi connectivity index (χ0n) is 2.61. The summed E-state index contributed by atoms with van der Waals surface area (Å²) >= 11 is 0. The minimum Gasteiger partial charge on any atom is -0.368 e. The summed E-state index contributed by atoms with van der Waals surface area (Å²) in [5, 5.41) is 0. The molecule has 0 saturated carbocycles. The molecule has 0 aliphatic heterocycles. The Morgan fingerprint density at radius 3 is 0.833 bits per heavy atom. The Balaban J connectivity index is 0. The third-order valence-electron chi connectivity index (χ3n) is 0. The van der Waals surface area contributed by atoms with E-state index in [0.29, 0.717) is 0 Å². The van der Waals surface area contributed by atoms with Gasteiger partial charge >= 0.3 is 9.05 Å². The van der Waals surface area contributed by atoms with Gasteiger partial charge in [-0.05, 0) is 0 Å². The first kappa shape index (κ1) is 9.89. The molecule has 0 saturated heterocycles. The Hall–Kier alpha value is 0.745. The van der Waals surface area contributed by atoms with Crippen LogP contribution in [0.2, 0.25) is 0 Å². The Morgan fingerprint density at radius 1 is 0.833 bits per heavy atom. The molecule has 0 rings (SSSR count). The van der Waals surface area contributed by atoms with E-state index < -0.39 is 9.05 Å². The van der Waals surface area contributed by atoms with Crippen LogP contribution in [0.5, 0.6) is 0 Å². The maximum absolute atomic E-state index is 7.33. The monoisotopic (exact) mass is 291 g/mol. The second kappa shape index (κ2) is 2.84. The summed E-state index contributed by atoms with van der Waals surface area (Å²) in [7, 11) is -4.61. The molecule has 0 bridgehead atoms. The van der Waals surface area contributed by atoms with Crippen LogP contribution in [0.4, 0.5) is 0 Å². The van der Waals surface area contributed by atoms with Gasteiger partial charge in [-0.25, -0.2) is 0 Å². The van der Waals surface area contributed by atoms with Crippen molar-refractivity contribution in [2.24, 2.45) is 0 Å². The minimum atomic E-state index is -4.61. The van der Waals surface area contributed by atoms with E-state index in [0.717, 1.165) is 0 Å². The Bertz CT molecular complexity index is 23.0. The molecule has 0 radical (unpaired) electrons. The van der Waals surface area contributed by atoms with Gasteiger partial charge in [-0.2, -0.15) is 0 Å². The van der Waals surface area contributed by atoms with Gasteiger partial charge in [0.2, 0.25) is 0 Å². The first-order valence-electron chi connectivity index (χ1n) is 0.894. The van der Waals surface area contributed by atoms with E-state index in [-0.39, 0.29) is 21.1 Å². The van der Waals surface area contributed by atoms with E-state index in [9.17, 15) is 0 Å². The van der Waals surface area contributed by atoms with Crippen LogP contribution in [0.1, 0.15) is 0 Å². The molecule has 0 aliphatic carbocycles. The Morgan fingerprint density at radius 2 is 0.833 bits per heavy atom. The van der Waals surface area contributed by atoms with Gasteiger partial charge < -0.3 is 19.2 Å². The fourth-order valence-corrected chi connectivity index (χ4v) is 0. The molecule has 42 valence electrons. The molecule has 6 heavy (non-hydrogen) atoms. The van der Waals surface area contributed by atoms with E-state index in [1.165, 1.54) is 0 Å². The average Bonchev–Trinajstić information content (AvgIpc) is 0.722. The smallest absolute Gasteiger partial charge is 0.368 e. The van der Waals surface area contributed by atoms with E-state index in [4.69, 9.17) is 19.2 Å². The summed E-state index contributed by atoms with van der Waals surface area (Å²) < 4.78 is 0. The molecular formula is H4O4PtSi. The van der Waals surface area contributed by atoms with E-state index in [1.807, 2.05) is 0 Å². The zero-order valence-corrected chi connectivity index (χ0v) is 5.88. The van der Waals surface area contributed by atoms with Crippen LogP contribution >= 0.6 is 0 Å². The van der Waals surface area contributed by atoms with Crippen molar-refractivity contribution in [3.63, 3.8) is 0 Å². The molecule has 0 spiro atoms. The maximum Gasteiger partial charge on any atom is 0.668 e. The number of hydrogen-bond acceptors (Lipinski definition) is 4. The predicted molar refractivity (Wildman–Crippen MR) is 14.6 cm³/mol. The van der Waals surface area contributed by atoms with Gasteiger partial charge in [-0.15, -0.1) is 0 Å². The topological polar surface area (TPSA) is 80.9 Å². The molecule has 0 aromatic carbocycles. The average molecular weight is 291 g/mol. The van der Waals surface area contributed by atoms with Gasteiger partial charge in [0.15, 0.2) is 0 Å². The van der Waals surface area contributed by atoms with Crippen molar-refractivity contribution < 1.29 is 40.2 Å². The normalized spacial score (nSPS) is 10.0. The zero-order chi connectivity index (χ0) is 4.50. The molecule has 6 heteroatoms. The molecule has 0 unspecified atom stereocenters. The summed E-state index contributed by atoms with van der Waals surface area (Å²) in [4.78, 5) is 29.3. The molecule has 0 amide bonds. The van der Waals surface area contributed by atoms with Crippen molar-refractivity contribution in [2.45, 2.75) is 0 Å². The van der Waals surface area contributed by atoms with Gasteiger partial charge in [0.25, 0.3) is 0 Å². The summed E-state index contributed by atoms with van der Waals surface area (Å²) in [6, 6.07) is 0. The van der Waals surface area contributed by atoms with Crippen LogP contribution in [-0.4, -0.2) is 28.2 Å². The van der Waals surface area contributed by atoms with Crippen LogP contribution in [0.25, 0.3) is 0 Å². The number of hydrogen-bond donors (Lipinski definition) is 4. The summed E-state index contributed by atoms with van der Waals surface area (Å²) in [5.74, 6) is 0. The van der Waals surface area contributed by atoms with Gasteiger partial charge in [-0.1, -0.05) is 0 Å². The molecule has 4 N–H and O–H groups in total. The van der Waals surface area contributed by atoms with Crippen LogP contribution in [0, 0.1) is 0 Å². The summed E-state index contributed by atoms with van der Waals surface area (Å²) in [5.41, 5.74) is 0. The molecule has 0 aromatic heterocycles. The molecule has 0 aliphatic rings. The van der Waals surface area contributed by atoms with Crippen molar-refractivity contribution in [1.82, 2.24) is 0 Å². The molecule has 4 nitrogen and oxygen atoms in total. The second-order valence-electron chi connectivity index (χ2n) is 0.600. The van der Waals surface area contributed by atoms with Crippen molar-refractivity contribution in [3.05, 3.63) is 0 Å². The van der Waals surface area contributed by atoms with E-state index >= 15 is 0 Å². The van der Waals surface area contributed by atoms with Gasteiger partial charge in [0.05, 0.1) is 0 Å². The Kier molecular flexibility index (Phi) is 4.69. The van der Waals surface area contributed by atoms with E-state index in [1.54, 1.807) is 0 Å². The van der Waals surface area contributed by atoms with Crippen LogP contribution in [0.15, 0.2) is 0 Å². The van der Waals surface area contributed by atoms with Gasteiger partial charge in [0, 0.05) is 21.1 Å². The van der Waals surface area contributed by atoms with Gasteiger partial charge in [0.1, 0.15) is 0 Å². The molecule has 0 atom stereocenters. The third-order valence-corrected chi connectivity index (χ3v) is 0. The first-order valence-corrected chi connectivity index (χ1v) is 2.68. The predicted octanol–water partition coefficient (Wildman–Crippen LogP) is -2.61. The van der Waals surface area contributed by atoms with Crippen molar-refractivity contribution in [3.8, 4) is 0 Å². The van der Waals surface area contributed by atoms with Crippen LogP contribution in [0.3, 0.4) is 0 Å². The summed E-state index contributed by atoms with van der Waals surface area (Å²) in [6.45, 7) is 0. The van der Waals surface area contributed by atoms with E-state index in [2.05, 4.69) is 0 Å². The molecule has 0 fully saturated rings. The van der Waals surface area contributed by atoms with Crippen molar-refractivity contribution in [1.29, 1.82) is 0 Å². The first-order chi connectivity index (χ1) is 2.00. The summed E-state index contributed by atoms with van der Waals surface area (Å²) in [6.07, 6.45) is 0. The second-order valence-corrected chi connectivity index (χ2v) is 1.80. The minimum absolute atomic E-state index is 0. The number of rotatable bonds is 0. The molecule has 0 aromatic rings. The quantitative estimate of drug-likeness (QED) is 0.369. The fourth-order valence-electron chi connectivity index (χ4n) is 0. The largest absolute Gasteiger partial charge is 0.668 e. The molecular weight excluding hydrogens is 287 g/mol. The Labute approximate surface area is 49.8 Å². The third kappa shape index (κ3) is 120. The van der Waals surface area contributed by atoms with Crippen molar-refractivity contribution in [2.75, 3.05) is 0 Å². The SMILES string of the molecule is O[Si](O)(O)O.[Pt]. The van der Waals surface area contributed by atoms with Crippen molar-refractivity contribution >= 4 is 9.05 Å². The van der Waals surface area contributed by atoms with Crippen LogP contribution in [-0.2, 0) is 21.1 Å². The molecule has 0 heterocycles. The van der Waals surface area contributed by atoms with Gasteiger partial charge in [-0.3, -0.25) is 0 Å².